The largest absolute Gasteiger partial charge is 0.456 e. The van der Waals surface area contributed by atoms with Crippen LogP contribution >= 0.6 is 0 Å². The van der Waals surface area contributed by atoms with Gasteiger partial charge in [-0.1, -0.05) is 42.5 Å². The monoisotopic (exact) mass is 479 g/mol. The first-order chi connectivity index (χ1) is 18.1. The number of hydrogen-bond acceptors (Lipinski definition) is 3. The van der Waals surface area contributed by atoms with Crippen molar-refractivity contribution >= 4 is 65.7 Å². The molecule has 0 amide bonds. The molecule has 4 nitrogen and oxygen atoms in total. The van der Waals surface area contributed by atoms with Gasteiger partial charge in [0, 0.05) is 27.9 Å². The molecule has 0 saturated heterocycles. The van der Waals surface area contributed by atoms with Crippen molar-refractivity contribution in [2.24, 2.45) is 0 Å². The zero-order chi connectivity index (χ0) is 24.8. The molecule has 37 heavy (non-hydrogen) atoms. The minimum atomic E-state index is 0.00602. The molecule has 0 spiro atoms. The van der Waals surface area contributed by atoms with E-state index in [1.165, 1.54) is 0 Å². The lowest BCUT2D eigenvalue weighted by Crippen LogP contribution is -2.05. The van der Waals surface area contributed by atoms with Gasteiger partial charge in [0.1, 0.15) is 22.3 Å². The average Bonchev–Trinajstić information content (AvgIpc) is 3.43. The van der Waals surface area contributed by atoms with E-state index in [0.717, 1.165) is 60.6 Å². The summed E-state index contributed by atoms with van der Waals surface area (Å²) < 4.78 is 15.0. The highest BCUT2D eigenvalue weighted by Crippen LogP contribution is 2.40. The summed E-state index contributed by atoms with van der Waals surface area (Å²) in [5, 5.41) is 5.65. The third-order valence-electron chi connectivity index (χ3n) is 7.54. The number of fused-ring (bicyclic) bond motifs is 9. The normalized spacial score (nSPS) is 12.2. The maximum absolute atomic E-state index is 13.4. The standard InChI is InChI=1S/C33H21NO3/c1-18-15-19(2)30-29(16-18)36-28-17-20(11-12-24(28)32(30)35)34-25-9-5-3-8-23(25)31-26(34)14-13-22-21-7-4-6-10-27(21)37-33(22)31/h3-17H,1-2H3. The van der Waals surface area contributed by atoms with Crippen LogP contribution in [-0.2, 0) is 0 Å². The molecule has 0 bridgehead atoms. The minimum Gasteiger partial charge on any atom is -0.456 e. The van der Waals surface area contributed by atoms with Crippen LogP contribution in [0.4, 0.5) is 0 Å². The van der Waals surface area contributed by atoms with Crippen LogP contribution in [0.1, 0.15) is 11.1 Å². The number of hydrogen-bond donors (Lipinski definition) is 0. The molecule has 8 rings (SSSR count). The maximum Gasteiger partial charge on any atom is 0.200 e. The van der Waals surface area contributed by atoms with Gasteiger partial charge in [0.05, 0.1) is 27.2 Å². The van der Waals surface area contributed by atoms with E-state index in [2.05, 4.69) is 41.0 Å². The fourth-order valence-electron chi connectivity index (χ4n) is 5.99. The fourth-order valence-corrected chi connectivity index (χ4v) is 5.99. The van der Waals surface area contributed by atoms with Gasteiger partial charge in [-0.25, -0.2) is 0 Å². The molecule has 0 aliphatic rings. The SMILES string of the molecule is Cc1cc(C)c2c(=O)c3ccc(-n4c5ccccc5c5c6oc7ccccc7c6ccc54)cc3oc2c1. The molecule has 0 unspecified atom stereocenters. The Bertz CT molecular complexity index is 2300. The third-order valence-corrected chi connectivity index (χ3v) is 7.54. The molecular formula is C33H21NO3. The molecule has 0 N–H and O–H groups in total. The quantitative estimate of drug-likeness (QED) is 0.222. The lowest BCUT2D eigenvalue weighted by molar-refractivity contribution is 0.659. The molecule has 0 fully saturated rings. The molecule has 0 aliphatic heterocycles. The number of furan rings is 1. The number of aromatic nitrogens is 1. The Morgan fingerprint density at radius 2 is 1.38 bits per heavy atom. The van der Waals surface area contributed by atoms with E-state index < -0.39 is 0 Å². The Balaban J connectivity index is 1.49. The van der Waals surface area contributed by atoms with Crippen molar-refractivity contribution in [3.63, 3.8) is 0 Å². The smallest absolute Gasteiger partial charge is 0.200 e. The third kappa shape index (κ3) is 2.70. The van der Waals surface area contributed by atoms with Crippen LogP contribution < -0.4 is 5.43 Å². The summed E-state index contributed by atoms with van der Waals surface area (Å²) in [5.74, 6) is 0. The summed E-state index contributed by atoms with van der Waals surface area (Å²) >= 11 is 0. The predicted molar refractivity (Wildman–Crippen MR) is 151 cm³/mol. The van der Waals surface area contributed by atoms with Gasteiger partial charge in [-0.2, -0.15) is 0 Å². The summed E-state index contributed by atoms with van der Waals surface area (Å²) in [6.45, 7) is 3.98. The minimum absolute atomic E-state index is 0.00602. The van der Waals surface area contributed by atoms with E-state index in [4.69, 9.17) is 8.83 Å². The van der Waals surface area contributed by atoms with Crippen LogP contribution in [0.3, 0.4) is 0 Å². The van der Waals surface area contributed by atoms with Crippen LogP contribution in [-0.4, -0.2) is 4.57 Å². The Hall–Kier alpha value is -4.83. The van der Waals surface area contributed by atoms with Crippen LogP contribution in [0.25, 0.3) is 71.4 Å². The van der Waals surface area contributed by atoms with Crippen LogP contribution in [0.15, 0.2) is 105 Å². The molecular weight excluding hydrogens is 458 g/mol. The predicted octanol–water partition coefficient (Wildman–Crippen LogP) is 8.56. The van der Waals surface area contributed by atoms with Crippen molar-refractivity contribution in [3.8, 4) is 5.69 Å². The average molecular weight is 480 g/mol. The lowest BCUT2D eigenvalue weighted by Gasteiger charge is -2.10. The zero-order valence-corrected chi connectivity index (χ0v) is 20.3. The molecule has 8 aromatic rings. The molecule has 4 heteroatoms. The number of para-hydroxylation sites is 2. The Morgan fingerprint density at radius 3 is 2.27 bits per heavy atom. The molecule has 3 aromatic heterocycles. The first-order valence-corrected chi connectivity index (χ1v) is 12.4. The van der Waals surface area contributed by atoms with Gasteiger partial charge < -0.3 is 13.4 Å². The molecule has 5 aromatic carbocycles. The highest BCUT2D eigenvalue weighted by atomic mass is 16.3. The van der Waals surface area contributed by atoms with E-state index in [-0.39, 0.29) is 5.43 Å². The number of aryl methyl sites for hydroxylation is 2. The van der Waals surface area contributed by atoms with Gasteiger partial charge in [-0.15, -0.1) is 0 Å². The molecule has 0 aliphatic carbocycles. The molecule has 3 heterocycles. The van der Waals surface area contributed by atoms with Gasteiger partial charge in [0.25, 0.3) is 0 Å². The number of rotatable bonds is 1. The van der Waals surface area contributed by atoms with Crippen molar-refractivity contribution in [2.45, 2.75) is 13.8 Å². The van der Waals surface area contributed by atoms with Crippen molar-refractivity contribution in [2.75, 3.05) is 0 Å². The van der Waals surface area contributed by atoms with Gasteiger partial charge in [-0.3, -0.25) is 4.79 Å². The van der Waals surface area contributed by atoms with Crippen LogP contribution in [0, 0.1) is 13.8 Å². The second-order valence-corrected chi connectivity index (χ2v) is 9.85. The summed E-state index contributed by atoms with van der Waals surface area (Å²) in [6.07, 6.45) is 0. The van der Waals surface area contributed by atoms with Gasteiger partial charge in [0.2, 0.25) is 5.43 Å². The highest BCUT2D eigenvalue weighted by Gasteiger charge is 2.19. The zero-order valence-electron chi connectivity index (χ0n) is 20.3. The summed E-state index contributed by atoms with van der Waals surface area (Å²) in [5.41, 5.74) is 8.03. The molecule has 0 atom stereocenters. The first kappa shape index (κ1) is 20.4. The van der Waals surface area contributed by atoms with E-state index in [9.17, 15) is 4.79 Å². The summed E-state index contributed by atoms with van der Waals surface area (Å²) in [6, 6.07) is 30.7. The maximum atomic E-state index is 13.4. The van der Waals surface area contributed by atoms with Crippen molar-refractivity contribution in [1.82, 2.24) is 4.57 Å². The molecule has 0 radical (unpaired) electrons. The number of benzene rings is 5. The Labute approximate surface area is 210 Å². The second kappa shape index (κ2) is 7.11. The van der Waals surface area contributed by atoms with Crippen LogP contribution in [0.5, 0.6) is 0 Å². The van der Waals surface area contributed by atoms with E-state index in [1.54, 1.807) is 0 Å². The van der Waals surface area contributed by atoms with Crippen molar-refractivity contribution < 1.29 is 8.83 Å². The summed E-state index contributed by atoms with van der Waals surface area (Å²) in [7, 11) is 0. The van der Waals surface area contributed by atoms with E-state index >= 15 is 0 Å². The van der Waals surface area contributed by atoms with Gasteiger partial charge in [-0.05, 0) is 67.4 Å². The summed E-state index contributed by atoms with van der Waals surface area (Å²) in [4.78, 5) is 13.4. The molecule has 0 saturated carbocycles. The highest BCUT2D eigenvalue weighted by molar-refractivity contribution is 6.23. The van der Waals surface area contributed by atoms with Crippen LogP contribution in [0.2, 0.25) is 0 Å². The van der Waals surface area contributed by atoms with Gasteiger partial charge in [0.15, 0.2) is 0 Å². The van der Waals surface area contributed by atoms with E-state index in [1.807, 2.05) is 68.4 Å². The lowest BCUT2D eigenvalue weighted by atomic mass is 10.0. The Kier molecular flexibility index (Phi) is 3.91. The molecule has 176 valence electrons. The van der Waals surface area contributed by atoms with Gasteiger partial charge >= 0.3 is 0 Å². The first-order valence-electron chi connectivity index (χ1n) is 12.4. The van der Waals surface area contributed by atoms with E-state index in [0.29, 0.717) is 21.9 Å². The second-order valence-electron chi connectivity index (χ2n) is 9.85. The number of nitrogens with zero attached hydrogens (tertiary/aromatic N) is 1. The van der Waals surface area contributed by atoms with Crippen molar-refractivity contribution in [1.29, 1.82) is 0 Å². The topological polar surface area (TPSA) is 48.3 Å². The van der Waals surface area contributed by atoms with Crippen molar-refractivity contribution in [3.05, 3.63) is 112 Å². The Morgan fingerprint density at radius 1 is 0.595 bits per heavy atom. The fraction of sp³-hybridized carbons (Fsp3) is 0.0606.